The predicted octanol–water partition coefficient (Wildman–Crippen LogP) is 3.31. The van der Waals surface area contributed by atoms with E-state index in [0.29, 0.717) is 30.0 Å². The van der Waals surface area contributed by atoms with E-state index in [4.69, 9.17) is 4.74 Å². The number of hydrogen-bond donors (Lipinski definition) is 0. The van der Waals surface area contributed by atoms with Crippen LogP contribution in [0.4, 0.5) is 0 Å². The maximum atomic E-state index is 12.8. The average Bonchev–Trinajstić information content (AvgIpc) is 2.90. The summed E-state index contributed by atoms with van der Waals surface area (Å²) in [6.07, 6.45) is 9.75. The Morgan fingerprint density at radius 2 is 2.15 bits per heavy atom. The molecule has 1 amide bonds. The van der Waals surface area contributed by atoms with E-state index in [2.05, 4.69) is 18.2 Å². The molecule has 5 nitrogen and oxygen atoms in total. The first-order valence-corrected chi connectivity index (χ1v) is 9.14. The zero-order valence-corrected chi connectivity index (χ0v) is 14.7. The van der Waals surface area contributed by atoms with Crippen molar-refractivity contribution in [3.63, 3.8) is 0 Å². The van der Waals surface area contributed by atoms with Crippen LogP contribution in [0.25, 0.3) is 5.57 Å². The Morgan fingerprint density at radius 1 is 1.23 bits per heavy atom. The fourth-order valence-corrected chi connectivity index (χ4v) is 3.63. The quantitative estimate of drug-likeness (QED) is 0.617. The molecule has 0 N–H and O–H groups in total. The molecule has 134 valence electrons. The van der Waals surface area contributed by atoms with Gasteiger partial charge in [0.1, 0.15) is 17.9 Å². The van der Waals surface area contributed by atoms with Crippen LogP contribution in [0.15, 0.2) is 48.8 Å². The van der Waals surface area contributed by atoms with Crippen molar-refractivity contribution in [2.75, 3.05) is 13.2 Å². The lowest BCUT2D eigenvalue weighted by atomic mass is 9.92. The third-order valence-corrected chi connectivity index (χ3v) is 5.01. The summed E-state index contributed by atoms with van der Waals surface area (Å²) < 4.78 is 6.51. The van der Waals surface area contributed by atoms with Crippen molar-refractivity contribution >= 4 is 11.5 Å². The number of fused-ring (bicyclic) bond motifs is 1. The molecule has 1 aromatic heterocycles. The van der Waals surface area contributed by atoms with Gasteiger partial charge < -0.3 is 14.8 Å². The first-order valence-electron chi connectivity index (χ1n) is 9.14. The SMILES string of the molecule is O=C(c1ccc[n+]([O-])c1)N1CCOc2ccc(C3=CCCCC3)cc2C1. The molecule has 1 aliphatic carbocycles. The van der Waals surface area contributed by atoms with Gasteiger partial charge in [-0.3, -0.25) is 4.79 Å². The molecule has 26 heavy (non-hydrogen) atoms. The lowest BCUT2D eigenvalue weighted by Crippen LogP contribution is -2.34. The van der Waals surface area contributed by atoms with Gasteiger partial charge in [-0.2, -0.15) is 4.73 Å². The van der Waals surface area contributed by atoms with Gasteiger partial charge in [0.05, 0.1) is 6.54 Å². The summed E-state index contributed by atoms with van der Waals surface area (Å²) in [5.74, 6) is 0.696. The fraction of sp³-hybridized carbons (Fsp3) is 0.333. The summed E-state index contributed by atoms with van der Waals surface area (Å²) in [6, 6.07) is 9.55. The van der Waals surface area contributed by atoms with Crippen molar-refractivity contribution in [1.82, 2.24) is 4.90 Å². The van der Waals surface area contributed by atoms with Gasteiger partial charge >= 0.3 is 0 Å². The van der Waals surface area contributed by atoms with Crippen LogP contribution in [-0.4, -0.2) is 24.0 Å². The third-order valence-electron chi connectivity index (χ3n) is 5.01. The molecule has 0 radical (unpaired) electrons. The van der Waals surface area contributed by atoms with Crippen LogP contribution in [-0.2, 0) is 6.54 Å². The molecule has 0 spiro atoms. The van der Waals surface area contributed by atoms with E-state index < -0.39 is 0 Å². The Hall–Kier alpha value is -2.82. The molecule has 2 heterocycles. The van der Waals surface area contributed by atoms with Gasteiger partial charge in [-0.15, -0.1) is 0 Å². The van der Waals surface area contributed by atoms with Crippen molar-refractivity contribution in [3.05, 3.63) is 70.7 Å². The lowest BCUT2D eigenvalue weighted by Gasteiger charge is -2.20. The highest BCUT2D eigenvalue weighted by Crippen LogP contribution is 2.31. The number of allylic oxidation sites excluding steroid dienone is 2. The molecule has 4 rings (SSSR count). The van der Waals surface area contributed by atoms with Crippen molar-refractivity contribution in [2.24, 2.45) is 0 Å². The average molecular weight is 350 g/mol. The van der Waals surface area contributed by atoms with Gasteiger partial charge in [-0.25, -0.2) is 0 Å². The zero-order valence-electron chi connectivity index (χ0n) is 14.7. The van der Waals surface area contributed by atoms with Crippen LogP contribution in [0.5, 0.6) is 5.75 Å². The molecular formula is C21H22N2O3. The van der Waals surface area contributed by atoms with E-state index in [-0.39, 0.29) is 5.91 Å². The molecule has 5 heteroatoms. The van der Waals surface area contributed by atoms with Gasteiger partial charge in [0, 0.05) is 18.2 Å². The summed E-state index contributed by atoms with van der Waals surface area (Å²) in [5, 5.41) is 11.5. The maximum absolute atomic E-state index is 12.8. The molecule has 0 saturated carbocycles. The van der Waals surface area contributed by atoms with E-state index in [1.807, 2.05) is 6.07 Å². The molecule has 0 atom stereocenters. The highest BCUT2D eigenvalue weighted by Gasteiger charge is 2.23. The number of ether oxygens (including phenoxy) is 1. The second kappa shape index (κ2) is 7.20. The second-order valence-corrected chi connectivity index (χ2v) is 6.83. The highest BCUT2D eigenvalue weighted by molar-refractivity contribution is 5.93. The number of nitrogens with zero attached hydrogens (tertiary/aromatic N) is 2. The Labute approximate surface area is 153 Å². The van der Waals surface area contributed by atoms with E-state index in [0.717, 1.165) is 24.2 Å². The normalized spacial score (nSPS) is 16.9. The first kappa shape index (κ1) is 16.6. The second-order valence-electron chi connectivity index (χ2n) is 6.83. The molecule has 2 aromatic rings. The monoisotopic (exact) mass is 350 g/mol. The summed E-state index contributed by atoms with van der Waals surface area (Å²) in [7, 11) is 0. The number of pyridine rings is 1. The maximum Gasteiger partial charge on any atom is 0.260 e. The Balaban J connectivity index is 1.60. The molecule has 0 saturated heterocycles. The first-order chi connectivity index (χ1) is 12.7. The highest BCUT2D eigenvalue weighted by atomic mass is 16.5. The third kappa shape index (κ3) is 3.43. The van der Waals surface area contributed by atoms with E-state index in [9.17, 15) is 10.0 Å². The van der Waals surface area contributed by atoms with Crippen molar-refractivity contribution < 1.29 is 14.3 Å². The van der Waals surface area contributed by atoms with Crippen LogP contribution < -0.4 is 9.47 Å². The standard InChI is InChI=1S/C21H22N2O3/c24-21(18-7-4-10-23(25)15-18)22-11-12-26-20-9-8-17(13-19(20)14-22)16-5-2-1-3-6-16/h4-5,7-10,13,15H,1-3,6,11-12,14H2. The summed E-state index contributed by atoms with van der Waals surface area (Å²) >= 11 is 0. The largest absolute Gasteiger partial charge is 0.619 e. The van der Waals surface area contributed by atoms with Gasteiger partial charge in [0.15, 0.2) is 12.4 Å². The van der Waals surface area contributed by atoms with Gasteiger partial charge in [-0.05, 0) is 55.0 Å². The number of hydrogen-bond acceptors (Lipinski definition) is 3. The minimum absolute atomic E-state index is 0.145. The smallest absolute Gasteiger partial charge is 0.260 e. The zero-order chi connectivity index (χ0) is 17.9. The Morgan fingerprint density at radius 3 is 2.96 bits per heavy atom. The van der Waals surface area contributed by atoms with Crippen LogP contribution in [0.1, 0.15) is 47.2 Å². The number of rotatable bonds is 2. The molecular weight excluding hydrogens is 328 g/mol. The van der Waals surface area contributed by atoms with Gasteiger partial charge in [0.2, 0.25) is 0 Å². The van der Waals surface area contributed by atoms with E-state index in [1.54, 1.807) is 17.0 Å². The van der Waals surface area contributed by atoms with Crippen LogP contribution in [0.3, 0.4) is 0 Å². The number of carbonyl (C=O) groups excluding carboxylic acids is 1. The van der Waals surface area contributed by atoms with Crippen molar-refractivity contribution in [3.8, 4) is 5.75 Å². The molecule has 0 bridgehead atoms. The lowest BCUT2D eigenvalue weighted by molar-refractivity contribution is -0.605. The van der Waals surface area contributed by atoms with Crippen LogP contribution >= 0.6 is 0 Å². The molecule has 2 aliphatic rings. The topological polar surface area (TPSA) is 56.5 Å². The van der Waals surface area contributed by atoms with E-state index in [1.165, 1.54) is 36.4 Å². The van der Waals surface area contributed by atoms with Crippen LogP contribution in [0.2, 0.25) is 0 Å². The number of amides is 1. The van der Waals surface area contributed by atoms with Crippen LogP contribution in [0, 0.1) is 5.21 Å². The van der Waals surface area contributed by atoms with Crippen molar-refractivity contribution in [1.29, 1.82) is 0 Å². The van der Waals surface area contributed by atoms with Gasteiger partial charge in [-0.1, -0.05) is 12.1 Å². The molecule has 0 fully saturated rings. The van der Waals surface area contributed by atoms with E-state index >= 15 is 0 Å². The number of aromatic nitrogens is 1. The predicted molar refractivity (Wildman–Crippen MR) is 98.5 cm³/mol. The number of benzene rings is 1. The number of carbonyl (C=O) groups is 1. The summed E-state index contributed by atoms with van der Waals surface area (Å²) in [6.45, 7) is 1.44. The Kier molecular flexibility index (Phi) is 4.61. The Bertz CT molecular complexity index is 860. The fourth-order valence-electron chi connectivity index (χ4n) is 3.63. The molecule has 0 unspecified atom stereocenters. The summed E-state index contributed by atoms with van der Waals surface area (Å²) in [4.78, 5) is 14.6. The molecule has 1 aromatic carbocycles. The van der Waals surface area contributed by atoms with Crippen molar-refractivity contribution in [2.45, 2.75) is 32.2 Å². The minimum atomic E-state index is -0.145. The summed E-state index contributed by atoms with van der Waals surface area (Å²) in [5.41, 5.74) is 4.03. The molecule has 1 aliphatic heterocycles. The minimum Gasteiger partial charge on any atom is -0.619 e. The van der Waals surface area contributed by atoms with Gasteiger partial charge in [0.25, 0.3) is 5.91 Å².